The summed E-state index contributed by atoms with van der Waals surface area (Å²) in [6.45, 7) is 11.9. The molecule has 1 spiro atoms. The third-order valence-corrected chi connectivity index (χ3v) is 8.74. The second kappa shape index (κ2) is 11.2. The molecule has 0 aromatic heterocycles. The number of ether oxygens (including phenoxy) is 2. The van der Waals surface area contributed by atoms with Crippen molar-refractivity contribution in [2.24, 2.45) is 17.8 Å². The van der Waals surface area contributed by atoms with Crippen LogP contribution in [-0.2, 0) is 23.9 Å². The van der Waals surface area contributed by atoms with Crippen LogP contribution in [0.3, 0.4) is 0 Å². The van der Waals surface area contributed by atoms with Gasteiger partial charge in [0.2, 0.25) is 5.91 Å². The summed E-state index contributed by atoms with van der Waals surface area (Å²) in [5.74, 6) is -2.89. The molecule has 6 atom stereocenters. The number of hydrogen-bond donors (Lipinski definition) is 1. The Morgan fingerprint density at radius 2 is 2.00 bits per heavy atom. The van der Waals surface area contributed by atoms with Crippen molar-refractivity contribution < 1.29 is 29.0 Å². The fraction of sp³-hybridized carbons (Fsp3) is 0.552. The molecule has 1 aromatic carbocycles. The Morgan fingerprint density at radius 3 is 2.66 bits per heavy atom. The first-order chi connectivity index (χ1) is 18.2. The Morgan fingerprint density at radius 1 is 1.26 bits per heavy atom. The van der Waals surface area contributed by atoms with Crippen LogP contribution in [0.15, 0.2) is 49.6 Å². The lowest BCUT2D eigenvalue weighted by Gasteiger charge is -2.37. The molecule has 3 unspecified atom stereocenters. The SMILES string of the molecule is C=CCOC(=O)[C@H]1[C@H]2C(=O)N(CCCCCO)C(C(=O)N(CC=C)c3ccccc3Cl)C23CC(C)[C@]1(C)O3. The van der Waals surface area contributed by atoms with E-state index in [0.29, 0.717) is 42.9 Å². The fourth-order valence-corrected chi connectivity index (χ4v) is 6.91. The molecule has 1 aromatic rings. The highest BCUT2D eigenvalue weighted by Gasteiger charge is 2.80. The molecule has 9 heteroatoms. The number of aliphatic hydroxyl groups excluding tert-OH is 1. The van der Waals surface area contributed by atoms with Gasteiger partial charge in [-0.2, -0.15) is 0 Å². The number of carbonyl (C=O) groups excluding carboxylic acids is 3. The number of amides is 2. The van der Waals surface area contributed by atoms with E-state index in [1.54, 1.807) is 35.2 Å². The summed E-state index contributed by atoms with van der Waals surface area (Å²) in [4.78, 5) is 45.1. The lowest BCUT2D eigenvalue weighted by Crippen LogP contribution is -2.57. The minimum absolute atomic E-state index is 0.0283. The lowest BCUT2D eigenvalue weighted by atomic mass is 9.62. The van der Waals surface area contributed by atoms with Crippen LogP contribution in [0.4, 0.5) is 5.69 Å². The molecular weight excluding hydrogens is 508 g/mol. The number of nitrogens with zero attached hydrogens (tertiary/aromatic N) is 2. The number of benzene rings is 1. The van der Waals surface area contributed by atoms with E-state index < -0.39 is 35.0 Å². The van der Waals surface area contributed by atoms with Crippen molar-refractivity contribution in [1.82, 2.24) is 4.90 Å². The number of para-hydroxylation sites is 1. The van der Waals surface area contributed by atoms with E-state index in [-0.39, 0.29) is 37.5 Å². The maximum Gasteiger partial charge on any atom is 0.313 e. The second-order valence-electron chi connectivity index (χ2n) is 10.6. The number of likely N-dealkylation sites (tertiary alicyclic amines) is 1. The van der Waals surface area contributed by atoms with Gasteiger partial charge in [-0.05, 0) is 50.7 Å². The standard InChI is InChI=1S/C29H37ClN2O6/c1-5-14-31(21-13-9-8-12-20(21)30)26(35)24-29-18-19(3)28(4,38-29)23(27(36)37-17-6-2)22(29)25(34)32(24)15-10-7-11-16-33/h5-6,8-9,12-13,19,22-24,33H,1-2,7,10-11,14-18H2,3-4H3/t19?,22-,23+,24?,28-,29?/m0/s1. The van der Waals surface area contributed by atoms with Gasteiger partial charge in [-0.1, -0.05) is 49.4 Å². The average Bonchev–Trinajstić information content (AvgIpc) is 3.40. The molecule has 4 rings (SSSR count). The van der Waals surface area contributed by atoms with Gasteiger partial charge in [0.15, 0.2) is 0 Å². The molecule has 1 N–H and O–H groups in total. The van der Waals surface area contributed by atoms with Crippen LogP contribution in [0.25, 0.3) is 0 Å². The van der Waals surface area contributed by atoms with Gasteiger partial charge >= 0.3 is 5.97 Å². The number of fused-ring (bicyclic) bond motifs is 1. The van der Waals surface area contributed by atoms with Crippen molar-refractivity contribution in [3.63, 3.8) is 0 Å². The predicted molar refractivity (Wildman–Crippen MR) is 145 cm³/mol. The van der Waals surface area contributed by atoms with Gasteiger partial charge < -0.3 is 24.4 Å². The molecule has 38 heavy (non-hydrogen) atoms. The number of unbranched alkanes of at least 4 members (excludes halogenated alkanes) is 2. The van der Waals surface area contributed by atoms with Gasteiger partial charge in [0.05, 0.1) is 22.2 Å². The van der Waals surface area contributed by atoms with E-state index in [1.807, 2.05) is 13.8 Å². The van der Waals surface area contributed by atoms with E-state index in [9.17, 15) is 19.5 Å². The summed E-state index contributed by atoms with van der Waals surface area (Å²) < 4.78 is 12.2. The van der Waals surface area contributed by atoms with Gasteiger partial charge in [-0.15, -0.1) is 6.58 Å². The first kappa shape index (κ1) is 28.3. The van der Waals surface area contributed by atoms with Crippen LogP contribution < -0.4 is 4.90 Å². The number of anilines is 1. The van der Waals surface area contributed by atoms with Gasteiger partial charge in [-0.3, -0.25) is 14.4 Å². The molecule has 0 radical (unpaired) electrons. The summed E-state index contributed by atoms with van der Waals surface area (Å²) in [6.07, 6.45) is 5.45. The van der Waals surface area contributed by atoms with E-state index in [1.165, 1.54) is 11.0 Å². The number of rotatable bonds is 12. The van der Waals surface area contributed by atoms with Crippen molar-refractivity contribution in [3.8, 4) is 0 Å². The zero-order chi connectivity index (χ0) is 27.7. The highest BCUT2D eigenvalue weighted by Crippen LogP contribution is 2.65. The number of halogens is 1. The van der Waals surface area contributed by atoms with Crippen LogP contribution in [0.2, 0.25) is 5.02 Å². The summed E-state index contributed by atoms with van der Waals surface area (Å²) in [6, 6.07) is 6.10. The van der Waals surface area contributed by atoms with Crippen LogP contribution in [-0.4, -0.2) is 71.3 Å². The maximum atomic E-state index is 14.5. The van der Waals surface area contributed by atoms with Crippen molar-refractivity contribution in [2.45, 2.75) is 56.8 Å². The van der Waals surface area contributed by atoms with Crippen LogP contribution in [0, 0.1) is 17.8 Å². The van der Waals surface area contributed by atoms with Crippen molar-refractivity contribution in [3.05, 3.63) is 54.6 Å². The Kier molecular flexibility index (Phi) is 8.35. The van der Waals surface area contributed by atoms with E-state index in [0.717, 1.165) is 0 Å². The second-order valence-corrected chi connectivity index (χ2v) is 11.0. The summed E-state index contributed by atoms with van der Waals surface area (Å²) in [5, 5.41) is 9.63. The Balaban J connectivity index is 1.79. The van der Waals surface area contributed by atoms with Gasteiger partial charge in [0.25, 0.3) is 5.91 Å². The van der Waals surface area contributed by atoms with Crippen molar-refractivity contribution >= 4 is 35.1 Å². The largest absolute Gasteiger partial charge is 0.461 e. The zero-order valence-electron chi connectivity index (χ0n) is 22.1. The summed E-state index contributed by atoms with van der Waals surface area (Å²) >= 11 is 6.50. The smallest absolute Gasteiger partial charge is 0.313 e. The van der Waals surface area contributed by atoms with Gasteiger partial charge in [-0.25, -0.2) is 0 Å². The van der Waals surface area contributed by atoms with Gasteiger partial charge in [0.1, 0.15) is 24.2 Å². The molecular formula is C29H37ClN2O6. The average molecular weight is 545 g/mol. The Bertz CT molecular complexity index is 1110. The Labute approximate surface area is 229 Å². The zero-order valence-corrected chi connectivity index (χ0v) is 22.9. The van der Waals surface area contributed by atoms with Crippen LogP contribution in [0.5, 0.6) is 0 Å². The third kappa shape index (κ3) is 4.46. The fourth-order valence-electron chi connectivity index (χ4n) is 6.67. The Hall–Kier alpha value is -2.68. The molecule has 2 amide bonds. The van der Waals surface area contributed by atoms with Crippen molar-refractivity contribution in [2.75, 3.05) is 31.2 Å². The quantitative estimate of drug-likeness (QED) is 0.244. The highest BCUT2D eigenvalue weighted by atomic mass is 35.5. The van der Waals surface area contributed by atoms with E-state index >= 15 is 0 Å². The normalized spacial score (nSPS) is 31.3. The first-order valence-corrected chi connectivity index (χ1v) is 13.6. The highest BCUT2D eigenvalue weighted by molar-refractivity contribution is 6.34. The molecule has 3 aliphatic rings. The number of aliphatic hydroxyl groups is 1. The molecule has 8 nitrogen and oxygen atoms in total. The minimum atomic E-state index is -1.18. The van der Waals surface area contributed by atoms with Crippen LogP contribution in [0.1, 0.15) is 39.5 Å². The molecule has 3 fully saturated rings. The maximum absolute atomic E-state index is 14.5. The number of esters is 1. The molecule has 3 heterocycles. The molecule has 0 saturated carbocycles. The lowest BCUT2D eigenvalue weighted by molar-refractivity contribution is -0.160. The van der Waals surface area contributed by atoms with E-state index in [4.69, 9.17) is 21.1 Å². The number of hydrogen-bond acceptors (Lipinski definition) is 6. The molecule has 0 aliphatic carbocycles. The van der Waals surface area contributed by atoms with Crippen LogP contribution >= 0.6 is 11.6 Å². The summed E-state index contributed by atoms with van der Waals surface area (Å²) in [7, 11) is 0. The monoisotopic (exact) mass is 544 g/mol. The minimum Gasteiger partial charge on any atom is -0.461 e. The number of carbonyl (C=O) groups is 3. The molecule has 3 aliphatic heterocycles. The molecule has 2 bridgehead atoms. The predicted octanol–water partition coefficient (Wildman–Crippen LogP) is 3.76. The topological polar surface area (TPSA) is 96.4 Å². The first-order valence-electron chi connectivity index (χ1n) is 13.2. The van der Waals surface area contributed by atoms with Crippen molar-refractivity contribution in [1.29, 1.82) is 0 Å². The summed E-state index contributed by atoms with van der Waals surface area (Å²) in [5.41, 5.74) is -1.62. The van der Waals surface area contributed by atoms with Gasteiger partial charge in [0, 0.05) is 19.7 Å². The molecule has 206 valence electrons. The molecule has 3 saturated heterocycles. The third-order valence-electron chi connectivity index (χ3n) is 8.42. The van der Waals surface area contributed by atoms with E-state index in [2.05, 4.69) is 13.2 Å².